The smallest absolute Gasteiger partial charge is 0.166 e. The Morgan fingerprint density at radius 1 is 0.742 bits per heavy atom. The third kappa shape index (κ3) is 5.63. The lowest BCUT2D eigenvalue weighted by Gasteiger charge is -2.08. The van der Waals surface area contributed by atoms with Crippen molar-refractivity contribution in [3.05, 3.63) is 77.4 Å². The number of aliphatic imine (C=N–C) groups is 2. The van der Waals surface area contributed by atoms with E-state index in [-0.39, 0.29) is 11.5 Å². The third-order valence-corrected chi connectivity index (χ3v) is 4.49. The summed E-state index contributed by atoms with van der Waals surface area (Å²) in [6, 6.07) is 18.3. The fraction of sp³-hybridized carbons (Fsp3) is 0.200. The maximum absolute atomic E-state index is 10.3. The molecule has 0 bridgehead atoms. The van der Waals surface area contributed by atoms with E-state index < -0.39 is 0 Å². The van der Waals surface area contributed by atoms with Gasteiger partial charge in [-0.25, -0.2) is 0 Å². The first kappa shape index (κ1) is 21.9. The number of phenolic OH excluding ortho intramolecular Hbond substituents is 2. The van der Waals surface area contributed by atoms with Crippen molar-refractivity contribution in [2.75, 3.05) is 13.2 Å². The van der Waals surface area contributed by atoms with Crippen molar-refractivity contribution in [3.63, 3.8) is 0 Å². The van der Waals surface area contributed by atoms with Gasteiger partial charge in [0.15, 0.2) is 23.0 Å². The molecule has 0 unspecified atom stereocenters. The number of phenols is 2. The normalized spacial score (nSPS) is 11.3. The van der Waals surface area contributed by atoms with E-state index in [1.54, 1.807) is 36.7 Å². The van der Waals surface area contributed by atoms with E-state index >= 15 is 0 Å². The van der Waals surface area contributed by atoms with E-state index in [0.717, 1.165) is 11.3 Å². The van der Waals surface area contributed by atoms with Crippen molar-refractivity contribution in [2.24, 2.45) is 9.98 Å². The van der Waals surface area contributed by atoms with Crippen LogP contribution in [-0.4, -0.2) is 35.9 Å². The van der Waals surface area contributed by atoms with Gasteiger partial charge in [-0.3, -0.25) is 9.98 Å². The molecule has 3 aromatic rings. The molecule has 0 amide bonds. The molecule has 6 heteroatoms. The van der Waals surface area contributed by atoms with Crippen LogP contribution in [0.5, 0.6) is 23.0 Å². The fourth-order valence-corrected chi connectivity index (χ4v) is 2.98. The monoisotopic (exact) mass is 418 g/mol. The van der Waals surface area contributed by atoms with Crippen LogP contribution in [0.1, 0.15) is 30.5 Å². The summed E-state index contributed by atoms with van der Waals surface area (Å²) in [5.74, 6) is 1.00. The SMILES string of the molecule is CCOc1cccc(C=NCc2ccccc2N=Cc2cccc(OCC)c2O)c1O. The van der Waals surface area contributed by atoms with Crippen LogP contribution in [0.3, 0.4) is 0 Å². The van der Waals surface area contributed by atoms with Crippen molar-refractivity contribution >= 4 is 18.1 Å². The van der Waals surface area contributed by atoms with Crippen molar-refractivity contribution in [1.82, 2.24) is 0 Å². The van der Waals surface area contributed by atoms with Gasteiger partial charge in [-0.2, -0.15) is 0 Å². The van der Waals surface area contributed by atoms with Gasteiger partial charge in [0.05, 0.1) is 25.4 Å². The van der Waals surface area contributed by atoms with Crippen molar-refractivity contribution in [1.29, 1.82) is 0 Å². The summed E-state index contributed by atoms with van der Waals surface area (Å²) < 4.78 is 10.8. The molecule has 0 aromatic heterocycles. The molecule has 0 fully saturated rings. The second kappa shape index (κ2) is 10.8. The zero-order chi connectivity index (χ0) is 22.1. The largest absolute Gasteiger partial charge is 0.504 e. The van der Waals surface area contributed by atoms with Crippen molar-refractivity contribution in [2.45, 2.75) is 20.4 Å². The Kier molecular flexibility index (Phi) is 7.65. The number of hydrogen-bond acceptors (Lipinski definition) is 6. The number of benzene rings is 3. The van der Waals surface area contributed by atoms with E-state index in [2.05, 4.69) is 9.98 Å². The van der Waals surface area contributed by atoms with Crippen LogP contribution in [0.2, 0.25) is 0 Å². The molecule has 31 heavy (non-hydrogen) atoms. The van der Waals surface area contributed by atoms with Crippen LogP contribution in [0, 0.1) is 0 Å². The summed E-state index contributed by atoms with van der Waals surface area (Å²) in [5.41, 5.74) is 2.82. The van der Waals surface area contributed by atoms with Gasteiger partial charge in [-0.15, -0.1) is 0 Å². The molecule has 0 aliphatic rings. The minimum atomic E-state index is 0.0632. The highest BCUT2D eigenvalue weighted by Gasteiger charge is 2.07. The van der Waals surface area contributed by atoms with E-state index in [4.69, 9.17) is 9.47 Å². The summed E-state index contributed by atoms with van der Waals surface area (Å²) in [4.78, 5) is 9.00. The lowest BCUT2D eigenvalue weighted by molar-refractivity contribution is 0.318. The fourth-order valence-electron chi connectivity index (χ4n) is 2.98. The molecule has 3 aromatic carbocycles. The molecule has 0 spiro atoms. The zero-order valence-corrected chi connectivity index (χ0v) is 17.7. The first-order chi connectivity index (χ1) is 15.1. The lowest BCUT2D eigenvalue weighted by atomic mass is 10.1. The van der Waals surface area contributed by atoms with E-state index in [1.165, 1.54) is 0 Å². The second-order valence-electron chi connectivity index (χ2n) is 6.61. The number of para-hydroxylation sites is 3. The van der Waals surface area contributed by atoms with Crippen molar-refractivity contribution < 1.29 is 19.7 Å². The molecule has 160 valence electrons. The molecule has 0 saturated carbocycles. The van der Waals surface area contributed by atoms with E-state index in [1.807, 2.05) is 50.2 Å². The Labute approximate surface area is 182 Å². The van der Waals surface area contributed by atoms with Gasteiger partial charge >= 0.3 is 0 Å². The van der Waals surface area contributed by atoms with Crippen LogP contribution >= 0.6 is 0 Å². The van der Waals surface area contributed by atoms with Gasteiger partial charge in [0.25, 0.3) is 0 Å². The van der Waals surface area contributed by atoms with Crippen LogP contribution in [0.25, 0.3) is 0 Å². The van der Waals surface area contributed by atoms with Gasteiger partial charge < -0.3 is 19.7 Å². The Balaban J connectivity index is 1.78. The maximum atomic E-state index is 10.3. The van der Waals surface area contributed by atoms with Gasteiger partial charge in [-0.05, 0) is 49.7 Å². The zero-order valence-electron chi connectivity index (χ0n) is 17.7. The number of nitrogens with zero attached hydrogens (tertiary/aromatic N) is 2. The molecule has 0 radical (unpaired) electrons. The van der Waals surface area contributed by atoms with Crippen LogP contribution in [0.15, 0.2) is 70.6 Å². The van der Waals surface area contributed by atoms with Crippen LogP contribution in [0.4, 0.5) is 5.69 Å². The molecule has 0 aliphatic carbocycles. The Morgan fingerprint density at radius 2 is 1.32 bits per heavy atom. The van der Waals surface area contributed by atoms with E-state index in [9.17, 15) is 10.2 Å². The average Bonchev–Trinajstić information content (AvgIpc) is 2.78. The Bertz CT molecular complexity index is 1080. The first-order valence-electron chi connectivity index (χ1n) is 10.1. The predicted octanol–water partition coefficient (Wildman–Crippen LogP) is 5.26. The highest BCUT2D eigenvalue weighted by Crippen LogP contribution is 2.30. The topological polar surface area (TPSA) is 83.6 Å². The predicted molar refractivity (Wildman–Crippen MR) is 124 cm³/mol. The number of rotatable bonds is 9. The standard InChI is InChI=1S/C25H26N2O4/c1-3-30-22-13-7-10-19(24(22)28)16-26-15-18-9-5-6-12-21(18)27-17-20-11-8-14-23(25(20)29)31-4-2/h5-14,16-17,28-29H,3-4,15H2,1-2H3. The van der Waals surface area contributed by atoms with Crippen LogP contribution < -0.4 is 9.47 Å². The van der Waals surface area contributed by atoms with Gasteiger partial charge in [0, 0.05) is 23.6 Å². The molecule has 0 saturated heterocycles. The van der Waals surface area contributed by atoms with E-state index in [0.29, 0.717) is 42.4 Å². The summed E-state index contributed by atoms with van der Waals surface area (Å²) in [5, 5.41) is 20.6. The maximum Gasteiger partial charge on any atom is 0.166 e. The highest BCUT2D eigenvalue weighted by atomic mass is 16.5. The summed E-state index contributed by atoms with van der Waals surface area (Å²) in [6.07, 6.45) is 3.23. The second-order valence-corrected chi connectivity index (χ2v) is 6.61. The minimum absolute atomic E-state index is 0.0632. The number of hydrogen-bond donors (Lipinski definition) is 2. The molecular formula is C25H26N2O4. The molecule has 0 heterocycles. The van der Waals surface area contributed by atoms with Gasteiger partial charge in [0.1, 0.15) is 0 Å². The van der Waals surface area contributed by atoms with Crippen LogP contribution in [-0.2, 0) is 6.54 Å². The molecule has 2 N–H and O–H groups in total. The lowest BCUT2D eigenvalue weighted by Crippen LogP contribution is -1.94. The van der Waals surface area contributed by atoms with Gasteiger partial charge in [-0.1, -0.05) is 30.3 Å². The Morgan fingerprint density at radius 3 is 1.94 bits per heavy atom. The third-order valence-electron chi connectivity index (χ3n) is 4.49. The van der Waals surface area contributed by atoms with Crippen molar-refractivity contribution in [3.8, 4) is 23.0 Å². The molecule has 6 nitrogen and oxygen atoms in total. The molecule has 3 rings (SSSR count). The molecular weight excluding hydrogens is 392 g/mol. The number of aromatic hydroxyl groups is 2. The summed E-state index contributed by atoms with van der Waals surface area (Å²) >= 11 is 0. The molecule has 0 aliphatic heterocycles. The summed E-state index contributed by atoms with van der Waals surface area (Å²) in [6.45, 7) is 5.06. The quantitative estimate of drug-likeness (QED) is 0.464. The summed E-state index contributed by atoms with van der Waals surface area (Å²) in [7, 11) is 0. The molecule has 0 atom stereocenters. The highest BCUT2D eigenvalue weighted by molar-refractivity contribution is 5.87. The Hall–Kier alpha value is -3.80. The van der Waals surface area contributed by atoms with Gasteiger partial charge in [0.2, 0.25) is 0 Å². The minimum Gasteiger partial charge on any atom is -0.504 e. The number of ether oxygens (including phenoxy) is 2. The average molecular weight is 418 g/mol. The first-order valence-corrected chi connectivity index (χ1v) is 10.1.